The van der Waals surface area contributed by atoms with E-state index in [4.69, 9.17) is 5.11 Å². The minimum Gasteiger partial charge on any atom is -0.478 e. The summed E-state index contributed by atoms with van der Waals surface area (Å²) in [6, 6.07) is 0.997. The van der Waals surface area contributed by atoms with Crippen LogP contribution in [0.15, 0.2) is 12.3 Å². The predicted molar refractivity (Wildman–Crippen MR) is 57.6 cm³/mol. The maximum atomic E-state index is 12.6. The van der Waals surface area contributed by atoms with Gasteiger partial charge < -0.3 is 10.0 Å². The van der Waals surface area contributed by atoms with Gasteiger partial charge in [-0.15, -0.1) is 0 Å². The van der Waals surface area contributed by atoms with Crippen molar-refractivity contribution in [2.75, 3.05) is 18.0 Å². The normalized spacial score (nSPS) is 16.1. The van der Waals surface area contributed by atoms with Gasteiger partial charge in [0.25, 0.3) is 0 Å². The average Bonchev–Trinajstić information content (AvgIpc) is 2.80. The zero-order valence-electron chi connectivity index (χ0n) is 9.37. The van der Waals surface area contributed by atoms with E-state index in [0.717, 1.165) is 18.9 Å². The molecule has 0 radical (unpaired) electrons. The highest BCUT2D eigenvalue weighted by Crippen LogP contribution is 2.33. The van der Waals surface area contributed by atoms with Gasteiger partial charge in [-0.2, -0.15) is 13.2 Å². The molecule has 0 amide bonds. The molecule has 2 heterocycles. The van der Waals surface area contributed by atoms with Crippen LogP contribution in [0.1, 0.15) is 28.8 Å². The highest BCUT2D eigenvalue weighted by Gasteiger charge is 2.36. The van der Waals surface area contributed by atoms with E-state index in [0.29, 0.717) is 19.3 Å². The maximum Gasteiger partial charge on any atom is 0.418 e. The third-order valence-corrected chi connectivity index (χ3v) is 2.86. The van der Waals surface area contributed by atoms with Crippen molar-refractivity contribution in [3.05, 3.63) is 23.4 Å². The Kier molecular flexibility index (Phi) is 3.14. The van der Waals surface area contributed by atoms with Crippen LogP contribution in [0.25, 0.3) is 0 Å². The van der Waals surface area contributed by atoms with Crippen LogP contribution >= 0.6 is 0 Å². The summed E-state index contributed by atoms with van der Waals surface area (Å²) in [5, 5.41) is 8.85. The fourth-order valence-corrected chi connectivity index (χ4v) is 1.97. The van der Waals surface area contributed by atoms with Crippen LogP contribution in [0.2, 0.25) is 0 Å². The molecule has 1 aromatic rings. The van der Waals surface area contributed by atoms with Gasteiger partial charge in [0.2, 0.25) is 0 Å². The lowest BCUT2D eigenvalue weighted by Gasteiger charge is -2.18. The zero-order chi connectivity index (χ0) is 13.3. The van der Waals surface area contributed by atoms with Gasteiger partial charge >= 0.3 is 12.1 Å². The summed E-state index contributed by atoms with van der Waals surface area (Å²) in [4.78, 5) is 16.4. The Hall–Kier alpha value is -1.79. The highest BCUT2D eigenvalue weighted by molar-refractivity contribution is 5.90. The number of carboxylic acid groups (broad SMARTS) is 1. The first-order chi connectivity index (χ1) is 8.39. The second kappa shape index (κ2) is 4.47. The Labute approximate surface area is 101 Å². The molecule has 0 atom stereocenters. The Morgan fingerprint density at radius 3 is 2.44 bits per heavy atom. The second-order valence-electron chi connectivity index (χ2n) is 4.09. The number of rotatable bonds is 2. The number of alkyl halides is 3. The van der Waals surface area contributed by atoms with Crippen LogP contribution in [0.5, 0.6) is 0 Å². The molecule has 1 aromatic heterocycles. The summed E-state index contributed by atoms with van der Waals surface area (Å²) in [6.45, 7) is 1.38. The highest BCUT2D eigenvalue weighted by atomic mass is 19.4. The predicted octanol–water partition coefficient (Wildman–Crippen LogP) is 2.40. The summed E-state index contributed by atoms with van der Waals surface area (Å²) < 4.78 is 37.8. The van der Waals surface area contributed by atoms with E-state index in [1.807, 2.05) is 0 Å². The monoisotopic (exact) mass is 260 g/mol. The molecule has 0 unspecified atom stereocenters. The molecule has 18 heavy (non-hydrogen) atoms. The van der Waals surface area contributed by atoms with Crippen molar-refractivity contribution in [3.63, 3.8) is 0 Å². The summed E-state index contributed by atoms with van der Waals surface area (Å²) in [7, 11) is 0. The third-order valence-electron chi connectivity index (χ3n) is 2.86. The molecule has 7 heteroatoms. The molecule has 1 N–H and O–H groups in total. The van der Waals surface area contributed by atoms with Crippen LogP contribution in [-0.2, 0) is 6.18 Å². The molecule has 0 bridgehead atoms. The van der Waals surface area contributed by atoms with Crippen LogP contribution < -0.4 is 4.90 Å². The summed E-state index contributed by atoms with van der Waals surface area (Å²) in [5.74, 6) is -1.30. The van der Waals surface area contributed by atoms with E-state index in [1.165, 1.54) is 0 Å². The van der Waals surface area contributed by atoms with Crippen LogP contribution in [0.4, 0.5) is 19.0 Å². The molecule has 1 aliphatic rings. The number of nitrogens with zero attached hydrogens (tertiary/aromatic N) is 2. The number of hydrogen-bond donors (Lipinski definition) is 1. The fraction of sp³-hybridized carbons (Fsp3) is 0.455. The lowest BCUT2D eigenvalue weighted by molar-refractivity contribution is -0.138. The average molecular weight is 260 g/mol. The lowest BCUT2D eigenvalue weighted by Crippen LogP contribution is -2.21. The number of hydrogen-bond acceptors (Lipinski definition) is 3. The van der Waals surface area contributed by atoms with Gasteiger partial charge in [-0.25, -0.2) is 9.78 Å². The third kappa shape index (κ3) is 2.39. The minimum atomic E-state index is -4.70. The molecule has 0 aromatic carbocycles. The van der Waals surface area contributed by atoms with Crippen molar-refractivity contribution < 1.29 is 23.1 Å². The molecule has 4 nitrogen and oxygen atoms in total. The first kappa shape index (κ1) is 12.7. The van der Waals surface area contributed by atoms with E-state index in [2.05, 4.69) is 4.98 Å². The van der Waals surface area contributed by atoms with Crippen molar-refractivity contribution in [2.45, 2.75) is 19.0 Å². The number of aromatic nitrogens is 1. The molecule has 0 aliphatic carbocycles. The first-order valence-corrected chi connectivity index (χ1v) is 5.45. The SMILES string of the molecule is O=C(O)c1cc(N2CCCC2)ncc1C(F)(F)F. The Balaban J connectivity index is 2.43. The van der Waals surface area contributed by atoms with Crippen molar-refractivity contribution in [3.8, 4) is 0 Å². The number of pyridine rings is 1. The molecule has 0 spiro atoms. The Morgan fingerprint density at radius 2 is 1.94 bits per heavy atom. The maximum absolute atomic E-state index is 12.6. The molecule has 2 rings (SSSR count). The molecule has 0 saturated carbocycles. The van der Waals surface area contributed by atoms with Gasteiger partial charge in [-0.05, 0) is 18.9 Å². The largest absolute Gasteiger partial charge is 0.478 e. The summed E-state index contributed by atoms with van der Waals surface area (Å²) in [5.41, 5.74) is -1.96. The van der Waals surface area contributed by atoms with Gasteiger partial charge in [-0.1, -0.05) is 0 Å². The second-order valence-corrected chi connectivity index (χ2v) is 4.09. The fourth-order valence-electron chi connectivity index (χ4n) is 1.97. The molecule has 98 valence electrons. The van der Waals surface area contributed by atoms with E-state index < -0.39 is 23.3 Å². The van der Waals surface area contributed by atoms with Crippen molar-refractivity contribution >= 4 is 11.8 Å². The van der Waals surface area contributed by atoms with E-state index in [9.17, 15) is 18.0 Å². The molecule has 1 saturated heterocycles. The number of carboxylic acids is 1. The summed E-state index contributed by atoms with van der Waals surface area (Å²) >= 11 is 0. The first-order valence-electron chi connectivity index (χ1n) is 5.45. The standard InChI is InChI=1S/C11H11F3N2O2/c12-11(13,14)8-6-15-9(5-7(8)10(17)18)16-3-1-2-4-16/h5-6H,1-4H2,(H,17,18). The van der Waals surface area contributed by atoms with E-state index in [-0.39, 0.29) is 5.82 Å². The zero-order valence-corrected chi connectivity index (χ0v) is 9.37. The molecule has 1 aliphatic heterocycles. The lowest BCUT2D eigenvalue weighted by atomic mass is 10.1. The molecular formula is C11H11F3N2O2. The van der Waals surface area contributed by atoms with Crippen molar-refractivity contribution in [2.24, 2.45) is 0 Å². The quantitative estimate of drug-likeness (QED) is 0.887. The van der Waals surface area contributed by atoms with Gasteiger partial charge in [0.1, 0.15) is 5.82 Å². The van der Waals surface area contributed by atoms with E-state index in [1.54, 1.807) is 4.90 Å². The van der Waals surface area contributed by atoms with Crippen LogP contribution in [-0.4, -0.2) is 29.1 Å². The summed E-state index contributed by atoms with van der Waals surface area (Å²) in [6.07, 6.45) is -2.24. The topological polar surface area (TPSA) is 53.4 Å². The van der Waals surface area contributed by atoms with Gasteiger partial charge in [-0.3, -0.25) is 0 Å². The smallest absolute Gasteiger partial charge is 0.418 e. The molecular weight excluding hydrogens is 249 g/mol. The number of anilines is 1. The minimum absolute atomic E-state index is 0.290. The van der Waals surface area contributed by atoms with Gasteiger partial charge in [0.05, 0.1) is 11.1 Å². The number of halogens is 3. The van der Waals surface area contributed by atoms with E-state index >= 15 is 0 Å². The van der Waals surface area contributed by atoms with Crippen LogP contribution in [0.3, 0.4) is 0 Å². The van der Waals surface area contributed by atoms with Gasteiger partial charge in [0, 0.05) is 19.3 Å². The molecule has 1 fully saturated rings. The number of carbonyl (C=O) groups is 1. The van der Waals surface area contributed by atoms with Crippen molar-refractivity contribution in [1.82, 2.24) is 4.98 Å². The van der Waals surface area contributed by atoms with Crippen LogP contribution in [0, 0.1) is 0 Å². The number of aromatic carboxylic acids is 1. The van der Waals surface area contributed by atoms with Crippen molar-refractivity contribution in [1.29, 1.82) is 0 Å². The van der Waals surface area contributed by atoms with Gasteiger partial charge in [0.15, 0.2) is 0 Å². The Bertz CT molecular complexity index is 468. The Morgan fingerprint density at radius 1 is 1.33 bits per heavy atom.